The van der Waals surface area contributed by atoms with E-state index in [1.807, 2.05) is 0 Å². The Morgan fingerprint density at radius 1 is 1.25 bits per heavy atom. The van der Waals surface area contributed by atoms with Gasteiger partial charge in [-0.1, -0.05) is 56.8 Å². The van der Waals surface area contributed by atoms with Crippen molar-refractivity contribution in [3.8, 4) is 0 Å². The summed E-state index contributed by atoms with van der Waals surface area (Å²) in [5.41, 5.74) is 6.86. The molecule has 1 atom stereocenters. The molecule has 2 rings (SSSR count). The Kier molecular flexibility index (Phi) is 8.35. The van der Waals surface area contributed by atoms with Crippen LogP contribution in [0.15, 0.2) is 23.8 Å². The van der Waals surface area contributed by atoms with Crippen LogP contribution in [0.3, 0.4) is 0 Å². The van der Waals surface area contributed by atoms with Gasteiger partial charge in [0.15, 0.2) is 0 Å². The second kappa shape index (κ2) is 8.93. The van der Waals surface area contributed by atoms with E-state index in [0.717, 1.165) is 11.5 Å². The average molecular weight is 406 g/mol. The Balaban J connectivity index is 0.000000612. The summed E-state index contributed by atoms with van der Waals surface area (Å²) in [6, 6.07) is 7.12. The zero-order valence-corrected chi connectivity index (χ0v) is 17.9. The standard InChI is InChI=1S/C16H23Si.2ClH.Zr/c1-11(2)8-13-6-7-15-14(10-13)9-12(3)16(15)17(4)5;;;/h6-7,9-11,16H,8H2,1-5H3;2*1H;/q;;;+2/p-2. The average Bonchev–Trinajstić information content (AvgIpc) is 2.64. The molecule has 1 aromatic rings. The summed E-state index contributed by atoms with van der Waals surface area (Å²) in [6.07, 6.45) is 3.60. The van der Waals surface area contributed by atoms with E-state index in [-0.39, 0.29) is 8.80 Å². The van der Waals surface area contributed by atoms with Gasteiger partial charge in [-0.05, 0) is 41.5 Å². The first-order chi connectivity index (χ1) is 9.40. The molecule has 4 heteroatoms. The summed E-state index contributed by atoms with van der Waals surface area (Å²) in [5, 5.41) is 0. The first-order valence-corrected chi connectivity index (χ1v) is 15.9. The van der Waals surface area contributed by atoms with Gasteiger partial charge in [-0.25, -0.2) is 0 Å². The molecular formula is C16H23Cl2SiZr. The van der Waals surface area contributed by atoms with E-state index in [4.69, 9.17) is 17.0 Å². The van der Waals surface area contributed by atoms with Gasteiger partial charge < -0.3 is 0 Å². The molecule has 20 heavy (non-hydrogen) atoms. The molecule has 0 N–H and O–H groups in total. The van der Waals surface area contributed by atoms with Crippen molar-refractivity contribution in [1.82, 2.24) is 0 Å². The van der Waals surface area contributed by atoms with Gasteiger partial charge >= 0.3 is 37.9 Å². The van der Waals surface area contributed by atoms with Crippen molar-refractivity contribution in [2.24, 2.45) is 5.92 Å². The molecule has 1 radical (unpaired) electrons. The van der Waals surface area contributed by atoms with E-state index in [9.17, 15) is 0 Å². The van der Waals surface area contributed by atoms with Crippen molar-refractivity contribution in [3.63, 3.8) is 0 Å². The van der Waals surface area contributed by atoms with E-state index in [0.29, 0.717) is 0 Å². The summed E-state index contributed by atoms with van der Waals surface area (Å²) >= 11 is -0.826. The van der Waals surface area contributed by atoms with Crippen LogP contribution in [-0.2, 0) is 27.3 Å². The molecular weight excluding hydrogens is 382 g/mol. The van der Waals surface area contributed by atoms with Crippen LogP contribution >= 0.6 is 17.0 Å². The van der Waals surface area contributed by atoms with Crippen molar-refractivity contribution < 1.29 is 20.8 Å². The van der Waals surface area contributed by atoms with Gasteiger partial charge in [-0.15, -0.1) is 0 Å². The third kappa shape index (κ3) is 5.13. The summed E-state index contributed by atoms with van der Waals surface area (Å²) < 4.78 is 0. The number of benzene rings is 1. The molecule has 0 bridgehead atoms. The molecule has 0 spiro atoms. The Bertz CT molecular complexity index is 470. The summed E-state index contributed by atoms with van der Waals surface area (Å²) in [4.78, 5) is 0. The van der Waals surface area contributed by atoms with Crippen molar-refractivity contribution in [1.29, 1.82) is 0 Å². The minimum atomic E-state index is -0.826. The van der Waals surface area contributed by atoms with Gasteiger partial charge in [0.25, 0.3) is 0 Å². The zero-order chi connectivity index (χ0) is 15.3. The van der Waals surface area contributed by atoms with Gasteiger partial charge in [0.05, 0.1) is 8.80 Å². The predicted molar refractivity (Wildman–Crippen MR) is 90.6 cm³/mol. The minimum absolute atomic E-state index is 0.276. The second-order valence-electron chi connectivity index (χ2n) is 6.03. The molecule has 1 aliphatic rings. The molecule has 1 aliphatic carbocycles. The first kappa shape index (κ1) is 18.7. The molecule has 1 aromatic carbocycles. The van der Waals surface area contributed by atoms with Crippen molar-refractivity contribution in [3.05, 3.63) is 40.5 Å². The van der Waals surface area contributed by atoms with Gasteiger partial charge in [0, 0.05) is 0 Å². The fraction of sp³-hybridized carbons (Fsp3) is 0.500. The Morgan fingerprint density at radius 3 is 2.35 bits per heavy atom. The molecule has 0 nitrogen and oxygen atoms in total. The second-order valence-corrected chi connectivity index (χ2v) is 12.5. The van der Waals surface area contributed by atoms with Crippen molar-refractivity contribution >= 4 is 31.9 Å². The maximum absolute atomic E-state index is 4.93. The van der Waals surface area contributed by atoms with Crippen LogP contribution in [0.5, 0.6) is 0 Å². The molecule has 0 saturated carbocycles. The number of hydrogen-bond donors (Lipinski definition) is 0. The fourth-order valence-corrected chi connectivity index (χ4v) is 4.83. The molecule has 0 heterocycles. The van der Waals surface area contributed by atoms with Crippen LogP contribution in [0.2, 0.25) is 13.1 Å². The Hall–Kier alpha value is 0.640. The monoisotopic (exact) mass is 403 g/mol. The van der Waals surface area contributed by atoms with Crippen LogP contribution in [0.1, 0.15) is 43.0 Å². The van der Waals surface area contributed by atoms with Crippen molar-refractivity contribution in [2.75, 3.05) is 0 Å². The van der Waals surface area contributed by atoms with Gasteiger partial charge in [-0.2, -0.15) is 0 Å². The van der Waals surface area contributed by atoms with Gasteiger partial charge in [-0.3, -0.25) is 0 Å². The molecule has 0 amide bonds. The van der Waals surface area contributed by atoms with Crippen LogP contribution in [0.25, 0.3) is 6.08 Å². The summed E-state index contributed by atoms with van der Waals surface area (Å²) in [5.74, 6) is 0.743. The van der Waals surface area contributed by atoms with E-state index in [2.05, 4.69) is 58.1 Å². The van der Waals surface area contributed by atoms with E-state index < -0.39 is 20.8 Å². The molecule has 0 aliphatic heterocycles. The Morgan fingerprint density at radius 2 is 1.85 bits per heavy atom. The molecule has 0 saturated heterocycles. The maximum atomic E-state index is 4.93. The number of hydrogen-bond acceptors (Lipinski definition) is 0. The van der Waals surface area contributed by atoms with Crippen LogP contribution in [0.4, 0.5) is 0 Å². The molecule has 0 aromatic heterocycles. The summed E-state index contributed by atoms with van der Waals surface area (Å²) in [6.45, 7) is 11.7. The zero-order valence-electron chi connectivity index (χ0n) is 12.9. The molecule has 109 valence electrons. The van der Waals surface area contributed by atoms with Gasteiger partial charge in [0.1, 0.15) is 0 Å². The van der Waals surface area contributed by atoms with E-state index >= 15 is 0 Å². The number of fused-ring (bicyclic) bond motifs is 1. The third-order valence-corrected chi connectivity index (χ3v) is 5.44. The summed E-state index contributed by atoms with van der Waals surface area (Å²) in [7, 11) is 9.59. The van der Waals surface area contributed by atoms with E-state index in [1.54, 1.807) is 11.1 Å². The normalized spacial score (nSPS) is 16.6. The van der Waals surface area contributed by atoms with Gasteiger partial charge in [0.2, 0.25) is 0 Å². The number of rotatable bonds is 3. The number of allylic oxidation sites excluding steroid dienone is 1. The molecule has 1 unspecified atom stereocenters. The van der Waals surface area contributed by atoms with Crippen LogP contribution in [-0.4, -0.2) is 8.80 Å². The first-order valence-electron chi connectivity index (χ1n) is 6.98. The predicted octanol–water partition coefficient (Wildman–Crippen LogP) is 6.06. The molecule has 0 fully saturated rings. The van der Waals surface area contributed by atoms with E-state index in [1.165, 1.54) is 17.5 Å². The third-order valence-electron chi connectivity index (χ3n) is 3.52. The number of halogens is 2. The van der Waals surface area contributed by atoms with Crippen molar-refractivity contribution in [2.45, 2.75) is 45.8 Å². The SMILES string of the molecule is CC1=Cc2cc(CC(C)C)ccc2C1[Si](C)C.[Cl][Zr][Cl]. The van der Waals surface area contributed by atoms with Crippen LogP contribution in [0, 0.1) is 5.92 Å². The fourth-order valence-electron chi connectivity index (χ4n) is 2.95. The topological polar surface area (TPSA) is 0 Å². The quantitative estimate of drug-likeness (QED) is 0.537. The Labute approximate surface area is 144 Å². The van der Waals surface area contributed by atoms with Crippen LogP contribution < -0.4 is 0 Å².